The number of nitrogens with one attached hydrogen (secondary N) is 1. The third-order valence-corrected chi connectivity index (χ3v) is 4.80. The van der Waals surface area contributed by atoms with Gasteiger partial charge in [0.2, 0.25) is 5.91 Å². The van der Waals surface area contributed by atoms with Crippen LogP contribution in [0.3, 0.4) is 0 Å². The van der Waals surface area contributed by atoms with Crippen LogP contribution in [-0.2, 0) is 11.2 Å². The number of hydrogen-bond donors (Lipinski definition) is 1. The summed E-state index contributed by atoms with van der Waals surface area (Å²) in [7, 11) is 0. The number of amides is 1. The average molecular weight is 295 g/mol. The summed E-state index contributed by atoms with van der Waals surface area (Å²) in [6, 6.07) is 2.13. The van der Waals surface area contributed by atoms with Crippen LogP contribution in [0.4, 0.5) is 0 Å². The van der Waals surface area contributed by atoms with Crippen LogP contribution in [-0.4, -0.2) is 28.2 Å². The maximum absolute atomic E-state index is 11.6. The number of thiophene rings is 1. The molecule has 0 aromatic carbocycles. The van der Waals surface area contributed by atoms with E-state index in [9.17, 15) is 4.79 Å². The van der Waals surface area contributed by atoms with Gasteiger partial charge in [0.15, 0.2) is 0 Å². The van der Waals surface area contributed by atoms with E-state index < -0.39 is 0 Å². The fourth-order valence-corrected chi connectivity index (χ4v) is 3.42. The smallest absolute Gasteiger partial charge is 0.230 e. The Bertz CT molecular complexity index is 568. The molecule has 6 heteroatoms. The van der Waals surface area contributed by atoms with E-state index in [1.165, 1.54) is 16.6 Å². The Balaban J connectivity index is 2.07. The van der Waals surface area contributed by atoms with Gasteiger partial charge in [-0.25, -0.2) is 9.97 Å². The summed E-state index contributed by atoms with van der Waals surface area (Å²) in [5.74, 6) is 0.466. The molecule has 0 atom stereocenters. The van der Waals surface area contributed by atoms with Crippen LogP contribution in [0.2, 0.25) is 0 Å². The van der Waals surface area contributed by atoms with E-state index >= 15 is 0 Å². The fraction of sp³-hybridized carbons (Fsp3) is 0.462. The van der Waals surface area contributed by atoms with E-state index in [-0.39, 0.29) is 5.91 Å². The molecule has 0 saturated carbocycles. The highest BCUT2D eigenvalue weighted by Gasteiger charge is 2.10. The lowest BCUT2D eigenvalue weighted by atomic mass is 10.3. The first-order valence-corrected chi connectivity index (χ1v) is 8.17. The molecular weight excluding hydrogens is 278 g/mol. The highest BCUT2D eigenvalue weighted by molar-refractivity contribution is 8.00. The quantitative estimate of drug-likeness (QED) is 0.657. The van der Waals surface area contributed by atoms with Gasteiger partial charge >= 0.3 is 0 Å². The van der Waals surface area contributed by atoms with Gasteiger partial charge in [0, 0.05) is 16.8 Å². The van der Waals surface area contributed by atoms with Crippen LogP contribution in [0.5, 0.6) is 0 Å². The SMILES string of the molecule is CCCNC(=O)CSc1ncnc2sc(CC)cc12. The largest absolute Gasteiger partial charge is 0.355 e. The minimum absolute atomic E-state index is 0.0598. The summed E-state index contributed by atoms with van der Waals surface area (Å²) >= 11 is 3.17. The molecule has 0 radical (unpaired) electrons. The lowest BCUT2D eigenvalue weighted by Crippen LogP contribution is -2.25. The molecule has 0 fully saturated rings. The van der Waals surface area contributed by atoms with Gasteiger partial charge in [-0.2, -0.15) is 0 Å². The molecule has 0 unspecified atom stereocenters. The molecule has 0 aliphatic heterocycles. The summed E-state index contributed by atoms with van der Waals surface area (Å²) < 4.78 is 0. The average Bonchev–Trinajstić information content (AvgIpc) is 2.86. The first-order valence-electron chi connectivity index (χ1n) is 6.37. The van der Waals surface area contributed by atoms with E-state index in [0.29, 0.717) is 5.75 Å². The van der Waals surface area contributed by atoms with Crippen LogP contribution in [0.1, 0.15) is 25.1 Å². The van der Waals surface area contributed by atoms with E-state index in [1.54, 1.807) is 17.7 Å². The summed E-state index contributed by atoms with van der Waals surface area (Å²) in [5.41, 5.74) is 0. The Kier molecular flexibility index (Phi) is 5.15. The zero-order valence-electron chi connectivity index (χ0n) is 11.1. The molecule has 0 bridgehead atoms. The second-order valence-electron chi connectivity index (χ2n) is 4.10. The van der Waals surface area contributed by atoms with Crippen molar-refractivity contribution < 1.29 is 4.79 Å². The molecule has 0 aliphatic carbocycles. The number of carbonyl (C=O) groups excluding carboxylic acids is 1. The molecule has 2 aromatic heterocycles. The Morgan fingerprint density at radius 2 is 2.26 bits per heavy atom. The number of carbonyl (C=O) groups is 1. The van der Waals surface area contributed by atoms with Gasteiger partial charge in [0.25, 0.3) is 0 Å². The van der Waals surface area contributed by atoms with Crippen molar-refractivity contribution in [1.82, 2.24) is 15.3 Å². The standard InChI is InChI=1S/C13H17N3OS2/c1-3-5-14-11(17)7-18-12-10-6-9(4-2)19-13(10)16-8-15-12/h6,8H,3-5,7H2,1-2H3,(H,14,17). The van der Waals surface area contributed by atoms with Crippen molar-refractivity contribution in [2.75, 3.05) is 12.3 Å². The van der Waals surface area contributed by atoms with E-state index in [0.717, 1.165) is 34.6 Å². The summed E-state index contributed by atoms with van der Waals surface area (Å²) in [6.45, 7) is 4.90. The zero-order valence-corrected chi connectivity index (χ0v) is 12.7. The topological polar surface area (TPSA) is 54.9 Å². The first kappa shape index (κ1) is 14.3. The normalized spacial score (nSPS) is 10.8. The highest BCUT2D eigenvalue weighted by atomic mass is 32.2. The van der Waals surface area contributed by atoms with Gasteiger partial charge in [0.1, 0.15) is 16.2 Å². The minimum Gasteiger partial charge on any atom is -0.355 e. The predicted molar refractivity (Wildman–Crippen MR) is 80.8 cm³/mol. The maximum Gasteiger partial charge on any atom is 0.230 e. The van der Waals surface area contributed by atoms with E-state index in [4.69, 9.17) is 0 Å². The molecular formula is C13H17N3OS2. The van der Waals surface area contributed by atoms with Gasteiger partial charge in [-0.15, -0.1) is 11.3 Å². The molecule has 2 rings (SSSR count). The van der Waals surface area contributed by atoms with Crippen LogP contribution >= 0.6 is 23.1 Å². The van der Waals surface area contributed by atoms with Gasteiger partial charge in [0.05, 0.1) is 5.75 Å². The highest BCUT2D eigenvalue weighted by Crippen LogP contribution is 2.30. The predicted octanol–water partition coefficient (Wildman–Crippen LogP) is 2.87. The van der Waals surface area contributed by atoms with E-state index in [1.807, 2.05) is 6.92 Å². The van der Waals surface area contributed by atoms with Crippen LogP contribution in [0, 0.1) is 0 Å². The minimum atomic E-state index is 0.0598. The van der Waals surface area contributed by atoms with Crippen molar-refractivity contribution in [3.8, 4) is 0 Å². The third kappa shape index (κ3) is 3.67. The number of nitrogens with zero attached hydrogens (tertiary/aromatic N) is 2. The zero-order chi connectivity index (χ0) is 13.7. The number of fused-ring (bicyclic) bond motifs is 1. The molecule has 0 aliphatic rings. The lowest BCUT2D eigenvalue weighted by molar-refractivity contribution is -0.118. The molecule has 2 heterocycles. The summed E-state index contributed by atoms with van der Waals surface area (Å²) in [6.07, 6.45) is 3.53. The Morgan fingerprint density at radius 3 is 3.00 bits per heavy atom. The molecule has 2 aromatic rings. The number of aryl methyl sites for hydroxylation is 1. The molecule has 1 amide bonds. The first-order chi connectivity index (χ1) is 9.24. The van der Waals surface area contributed by atoms with Crippen molar-refractivity contribution in [3.05, 3.63) is 17.3 Å². The van der Waals surface area contributed by atoms with E-state index in [2.05, 4.69) is 28.3 Å². The third-order valence-electron chi connectivity index (χ3n) is 2.60. The van der Waals surface area contributed by atoms with Crippen molar-refractivity contribution in [1.29, 1.82) is 0 Å². The van der Waals surface area contributed by atoms with Crippen molar-refractivity contribution in [2.24, 2.45) is 0 Å². The van der Waals surface area contributed by atoms with Crippen LogP contribution in [0.25, 0.3) is 10.2 Å². The van der Waals surface area contributed by atoms with Crippen molar-refractivity contribution in [3.63, 3.8) is 0 Å². The van der Waals surface area contributed by atoms with Crippen molar-refractivity contribution >= 4 is 39.2 Å². The van der Waals surface area contributed by atoms with Gasteiger partial charge in [-0.05, 0) is 18.9 Å². The maximum atomic E-state index is 11.6. The Labute approximate surface area is 121 Å². The summed E-state index contributed by atoms with van der Waals surface area (Å²) in [4.78, 5) is 22.5. The van der Waals surface area contributed by atoms with Crippen molar-refractivity contribution in [2.45, 2.75) is 31.7 Å². The molecule has 0 saturated heterocycles. The molecule has 0 spiro atoms. The fourth-order valence-electron chi connectivity index (χ4n) is 1.62. The van der Waals surface area contributed by atoms with Gasteiger partial charge < -0.3 is 5.32 Å². The monoisotopic (exact) mass is 295 g/mol. The summed E-state index contributed by atoms with van der Waals surface area (Å²) in [5, 5.41) is 4.83. The molecule has 19 heavy (non-hydrogen) atoms. The molecule has 4 nitrogen and oxygen atoms in total. The molecule has 102 valence electrons. The Hall–Kier alpha value is -1.14. The second-order valence-corrected chi connectivity index (χ2v) is 6.18. The van der Waals surface area contributed by atoms with Crippen LogP contribution in [0.15, 0.2) is 17.4 Å². The Morgan fingerprint density at radius 1 is 1.42 bits per heavy atom. The number of rotatable bonds is 6. The number of hydrogen-bond acceptors (Lipinski definition) is 5. The van der Waals surface area contributed by atoms with Crippen LogP contribution < -0.4 is 5.32 Å². The van der Waals surface area contributed by atoms with Gasteiger partial charge in [-0.1, -0.05) is 25.6 Å². The second kappa shape index (κ2) is 6.86. The number of aromatic nitrogens is 2. The molecule has 1 N–H and O–H groups in total. The number of thioether (sulfide) groups is 1. The lowest BCUT2D eigenvalue weighted by Gasteiger charge is -2.03. The van der Waals surface area contributed by atoms with Gasteiger partial charge in [-0.3, -0.25) is 4.79 Å².